The molecule has 2 aromatic rings. The van der Waals surface area contributed by atoms with Crippen molar-refractivity contribution < 1.29 is 9.53 Å². The van der Waals surface area contributed by atoms with Crippen LogP contribution in [0.1, 0.15) is 26.6 Å². The molecule has 0 spiro atoms. The molecule has 0 aromatic carbocycles. The Morgan fingerprint density at radius 2 is 2.33 bits per heavy atom. The molecule has 1 aliphatic rings. The quantitative estimate of drug-likeness (QED) is 0.813. The predicted molar refractivity (Wildman–Crippen MR) is 75.7 cm³/mol. The second-order valence-corrected chi connectivity index (χ2v) is 6.03. The summed E-state index contributed by atoms with van der Waals surface area (Å²) in [5.74, 6) is 1.03. The fourth-order valence-corrected chi connectivity index (χ4v) is 2.74. The fraction of sp³-hybridized carbons (Fsp3) is 0.571. The molecule has 1 unspecified atom stereocenters. The van der Waals surface area contributed by atoms with E-state index in [4.69, 9.17) is 4.74 Å². The van der Waals surface area contributed by atoms with Crippen molar-refractivity contribution in [3.63, 3.8) is 0 Å². The van der Waals surface area contributed by atoms with Crippen molar-refractivity contribution >= 4 is 11.7 Å². The van der Waals surface area contributed by atoms with Crippen molar-refractivity contribution in [3.8, 4) is 0 Å². The summed E-state index contributed by atoms with van der Waals surface area (Å²) in [5.41, 5.74) is -0.318. The van der Waals surface area contributed by atoms with Gasteiger partial charge in [0.1, 0.15) is 0 Å². The molecule has 0 N–H and O–H groups in total. The van der Waals surface area contributed by atoms with Crippen molar-refractivity contribution in [2.24, 2.45) is 0 Å². The van der Waals surface area contributed by atoms with E-state index in [1.165, 1.54) is 0 Å². The number of morpholine rings is 1. The number of amides is 1. The summed E-state index contributed by atoms with van der Waals surface area (Å²) >= 11 is 0. The minimum Gasteiger partial charge on any atom is -0.369 e. The minimum absolute atomic E-state index is 0.0223. The van der Waals surface area contributed by atoms with Crippen molar-refractivity contribution in [1.82, 2.24) is 24.5 Å². The summed E-state index contributed by atoms with van der Waals surface area (Å²) in [5, 5.41) is 4.27. The Bertz CT molecular complexity index is 633. The summed E-state index contributed by atoms with van der Waals surface area (Å²) in [7, 11) is 0. The largest absolute Gasteiger partial charge is 0.369 e. The van der Waals surface area contributed by atoms with Crippen LogP contribution in [0.5, 0.6) is 0 Å². The first-order valence-corrected chi connectivity index (χ1v) is 7.05. The third-order valence-electron chi connectivity index (χ3n) is 3.39. The van der Waals surface area contributed by atoms with E-state index < -0.39 is 0 Å². The van der Waals surface area contributed by atoms with E-state index in [1.54, 1.807) is 23.0 Å². The second-order valence-electron chi connectivity index (χ2n) is 6.03. The van der Waals surface area contributed by atoms with Gasteiger partial charge in [-0.2, -0.15) is 4.98 Å². The second kappa shape index (κ2) is 5.07. The number of ether oxygens (including phenoxy) is 1. The lowest BCUT2D eigenvalue weighted by Gasteiger charge is -2.41. The molecule has 1 saturated heterocycles. The Hall–Kier alpha value is -2.02. The molecule has 3 heterocycles. The number of carbonyl (C=O) groups is 1. The van der Waals surface area contributed by atoms with E-state index in [-0.39, 0.29) is 24.0 Å². The highest BCUT2D eigenvalue weighted by Crippen LogP contribution is 2.21. The van der Waals surface area contributed by atoms with Gasteiger partial charge in [-0.1, -0.05) is 0 Å². The number of rotatable bonds is 2. The van der Waals surface area contributed by atoms with Gasteiger partial charge in [-0.05, 0) is 26.8 Å². The Morgan fingerprint density at radius 3 is 3.05 bits per heavy atom. The minimum atomic E-state index is -0.318. The van der Waals surface area contributed by atoms with Gasteiger partial charge >= 0.3 is 0 Å². The monoisotopic (exact) mass is 289 g/mol. The lowest BCUT2D eigenvalue weighted by molar-refractivity contribution is -0.157. The number of hydrogen-bond donors (Lipinski definition) is 0. The molecule has 2 aromatic heterocycles. The highest BCUT2D eigenvalue weighted by Gasteiger charge is 2.33. The SMILES string of the molecule is CC1CN(C(=O)Cc2nc3ncccn3n2)CC(C)(C)O1. The maximum Gasteiger partial charge on any atom is 0.252 e. The van der Waals surface area contributed by atoms with Gasteiger partial charge in [0, 0.05) is 25.5 Å². The molecule has 21 heavy (non-hydrogen) atoms. The molecule has 0 aliphatic carbocycles. The lowest BCUT2D eigenvalue weighted by atomic mass is 10.1. The van der Waals surface area contributed by atoms with Crippen LogP contribution < -0.4 is 0 Å². The molecule has 1 atom stereocenters. The van der Waals surface area contributed by atoms with Crippen LogP contribution in [-0.2, 0) is 16.0 Å². The number of hydrogen-bond acceptors (Lipinski definition) is 5. The zero-order valence-electron chi connectivity index (χ0n) is 12.5. The molecule has 7 nitrogen and oxygen atoms in total. The highest BCUT2D eigenvalue weighted by molar-refractivity contribution is 5.78. The Labute approximate surface area is 122 Å². The molecule has 3 rings (SSSR count). The van der Waals surface area contributed by atoms with Crippen LogP contribution in [0.4, 0.5) is 0 Å². The molecule has 0 saturated carbocycles. The van der Waals surface area contributed by atoms with Gasteiger partial charge in [-0.3, -0.25) is 4.79 Å². The summed E-state index contributed by atoms with van der Waals surface area (Å²) in [6, 6.07) is 1.78. The number of nitrogens with zero attached hydrogens (tertiary/aromatic N) is 5. The van der Waals surface area contributed by atoms with Gasteiger partial charge in [-0.15, -0.1) is 5.10 Å². The summed E-state index contributed by atoms with van der Waals surface area (Å²) < 4.78 is 7.39. The first-order chi connectivity index (χ1) is 9.93. The van der Waals surface area contributed by atoms with E-state index in [2.05, 4.69) is 15.1 Å². The molecule has 1 amide bonds. The van der Waals surface area contributed by atoms with Crippen molar-refractivity contribution in [2.45, 2.75) is 38.9 Å². The molecule has 1 aliphatic heterocycles. The number of aromatic nitrogens is 4. The average molecular weight is 289 g/mol. The molecule has 0 radical (unpaired) electrons. The van der Waals surface area contributed by atoms with Crippen molar-refractivity contribution in [2.75, 3.05) is 13.1 Å². The standard InChI is InChI=1S/C14H19N5O2/c1-10-8-18(9-14(2,3)21-10)12(20)7-11-16-13-15-5-4-6-19(13)17-11/h4-6,10H,7-9H2,1-3H3. The predicted octanol–water partition coefficient (Wildman–Crippen LogP) is 0.693. The van der Waals surface area contributed by atoms with Crippen LogP contribution in [0.3, 0.4) is 0 Å². The zero-order valence-corrected chi connectivity index (χ0v) is 12.5. The Morgan fingerprint density at radius 1 is 1.52 bits per heavy atom. The highest BCUT2D eigenvalue weighted by atomic mass is 16.5. The van der Waals surface area contributed by atoms with Gasteiger partial charge < -0.3 is 9.64 Å². The molecule has 112 valence electrons. The average Bonchev–Trinajstić information content (AvgIpc) is 2.78. The molecule has 1 fully saturated rings. The van der Waals surface area contributed by atoms with Crippen LogP contribution in [0.25, 0.3) is 5.78 Å². The topological polar surface area (TPSA) is 72.6 Å². The van der Waals surface area contributed by atoms with E-state index in [1.807, 2.05) is 25.7 Å². The van der Waals surface area contributed by atoms with Gasteiger partial charge in [0.15, 0.2) is 5.82 Å². The first kappa shape index (κ1) is 13.9. The summed E-state index contributed by atoms with van der Waals surface area (Å²) in [6.07, 6.45) is 3.64. The maximum absolute atomic E-state index is 12.4. The molecular formula is C14H19N5O2. The van der Waals surface area contributed by atoms with Gasteiger partial charge in [0.2, 0.25) is 5.91 Å². The van der Waals surface area contributed by atoms with E-state index in [0.717, 1.165) is 0 Å². The normalized spacial score (nSPS) is 21.7. The van der Waals surface area contributed by atoms with Crippen LogP contribution in [0, 0.1) is 0 Å². The molecule has 7 heteroatoms. The van der Waals surface area contributed by atoms with Crippen LogP contribution in [0.2, 0.25) is 0 Å². The van der Waals surface area contributed by atoms with E-state index >= 15 is 0 Å². The third kappa shape index (κ3) is 3.02. The number of carbonyl (C=O) groups excluding carboxylic acids is 1. The van der Waals surface area contributed by atoms with Crippen LogP contribution >= 0.6 is 0 Å². The Kier molecular flexibility index (Phi) is 3.36. The summed E-state index contributed by atoms with van der Waals surface area (Å²) in [4.78, 5) is 22.6. The first-order valence-electron chi connectivity index (χ1n) is 7.05. The van der Waals surface area contributed by atoms with Gasteiger partial charge in [0.05, 0.1) is 18.1 Å². The zero-order chi connectivity index (χ0) is 15.0. The van der Waals surface area contributed by atoms with E-state index in [9.17, 15) is 4.79 Å². The smallest absolute Gasteiger partial charge is 0.252 e. The van der Waals surface area contributed by atoms with Gasteiger partial charge in [0.25, 0.3) is 5.78 Å². The van der Waals surface area contributed by atoms with E-state index in [0.29, 0.717) is 24.7 Å². The van der Waals surface area contributed by atoms with Crippen LogP contribution in [0.15, 0.2) is 18.5 Å². The van der Waals surface area contributed by atoms with Crippen LogP contribution in [-0.4, -0.2) is 55.2 Å². The lowest BCUT2D eigenvalue weighted by Crippen LogP contribution is -2.54. The van der Waals surface area contributed by atoms with Crippen molar-refractivity contribution in [1.29, 1.82) is 0 Å². The fourth-order valence-electron chi connectivity index (χ4n) is 2.74. The van der Waals surface area contributed by atoms with Gasteiger partial charge in [-0.25, -0.2) is 9.50 Å². The third-order valence-corrected chi connectivity index (χ3v) is 3.39. The maximum atomic E-state index is 12.4. The summed E-state index contributed by atoms with van der Waals surface area (Å²) in [6.45, 7) is 7.16. The molecular weight excluding hydrogens is 270 g/mol. The van der Waals surface area contributed by atoms with Crippen molar-refractivity contribution in [3.05, 3.63) is 24.3 Å². The Balaban J connectivity index is 1.73. The number of fused-ring (bicyclic) bond motifs is 1. The molecule has 0 bridgehead atoms.